The molecule has 0 spiro atoms. The summed E-state index contributed by atoms with van der Waals surface area (Å²) in [4.78, 5) is 31.3. The fourth-order valence-corrected chi connectivity index (χ4v) is 5.44. The second-order valence-electron chi connectivity index (χ2n) is 7.41. The Hall–Kier alpha value is -2.36. The number of aromatic nitrogens is 2. The van der Waals surface area contributed by atoms with E-state index >= 15 is 0 Å². The summed E-state index contributed by atoms with van der Waals surface area (Å²) < 4.78 is 42.5. The van der Waals surface area contributed by atoms with E-state index in [1.807, 2.05) is 47.2 Å². The zero-order chi connectivity index (χ0) is 23.8. The van der Waals surface area contributed by atoms with Crippen LogP contribution in [0.2, 0.25) is 0 Å². The molecule has 2 heterocycles. The Morgan fingerprint density at radius 3 is 2.36 bits per heavy atom. The molecule has 0 radical (unpaired) electrons. The average molecular weight is 555 g/mol. The lowest BCUT2D eigenvalue weighted by molar-refractivity contribution is 0.0557. The molecular formula is C22H18BrF2N2O4PS. The molecule has 0 fully saturated rings. The fraction of sp³-hybridized carbons (Fsp3) is 0.136. The molecule has 172 valence electrons. The molecule has 6 nitrogen and oxygen atoms in total. The Morgan fingerprint density at radius 1 is 1.03 bits per heavy atom. The molecule has 0 bridgehead atoms. The van der Waals surface area contributed by atoms with Crippen molar-refractivity contribution in [3.8, 4) is 11.3 Å². The molecular weight excluding hydrogens is 537 g/mol. The van der Waals surface area contributed by atoms with Gasteiger partial charge < -0.3 is 9.79 Å². The van der Waals surface area contributed by atoms with Crippen LogP contribution in [0.15, 0.2) is 80.8 Å². The number of hydrogen-bond donors (Lipinski definition) is 2. The molecule has 0 aliphatic carbocycles. The first-order valence-corrected chi connectivity index (χ1v) is 13.0. The average Bonchev–Trinajstić information content (AvgIpc) is 3.38. The van der Waals surface area contributed by atoms with Crippen molar-refractivity contribution >= 4 is 34.9 Å². The summed E-state index contributed by atoms with van der Waals surface area (Å²) in [6.45, 7) is 0.465. The van der Waals surface area contributed by atoms with Crippen molar-refractivity contribution in [1.29, 1.82) is 0 Å². The SMILES string of the molecule is O=c1n(Cc2ccccc2)cc(-c2ccsc2)n1Cc1ccc(C(F)(F)P(=O)(O)O)c(Br)c1. The van der Waals surface area contributed by atoms with Gasteiger partial charge in [0.2, 0.25) is 0 Å². The minimum Gasteiger partial charge on any atom is -0.320 e. The molecule has 0 saturated carbocycles. The Kier molecular flexibility index (Phi) is 6.57. The van der Waals surface area contributed by atoms with Crippen molar-refractivity contribution in [1.82, 2.24) is 9.13 Å². The highest BCUT2D eigenvalue weighted by atomic mass is 79.9. The number of imidazole rings is 1. The van der Waals surface area contributed by atoms with E-state index in [0.717, 1.165) is 17.2 Å². The van der Waals surface area contributed by atoms with Crippen molar-refractivity contribution in [2.24, 2.45) is 0 Å². The van der Waals surface area contributed by atoms with E-state index in [2.05, 4.69) is 15.9 Å². The summed E-state index contributed by atoms with van der Waals surface area (Å²) >= 11 is 4.49. The molecule has 0 saturated heterocycles. The number of hydrogen-bond acceptors (Lipinski definition) is 3. The van der Waals surface area contributed by atoms with Crippen LogP contribution in [0.25, 0.3) is 11.3 Å². The van der Waals surface area contributed by atoms with Gasteiger partial charge >= 0.3 is 18.9 Å². The number of rotatable bonds is 7. The van der Waals surface area contributed by atoms with Gasteiger partial charge in [0.1, 0.15) is 0 Å². The molecule has 2 aromatic heterocycles. The van der Waals surface area contributed by atoms with E-state index in [1.165, 1.54) is 23.5 Å². The molecule has 4 rings (SSSR count). The molecule has 11 heteroatoms. The molecule has 0 atom stereocenters. The van der Waals surface area contributed by atoms with Gasteiger partial charge in [-0.1, -0.05) is 58.4 Å². The third-order valence-electron chi connectivity index (χ3n) is 5.12. The highest BCUT2D eigenvalue weighted by molar-refractivity contribution is 9.10. The predicted molar refractivity (Wildman–Crippen MR) is 127 cm³/mol. The maximum absolute atomic E-state index is 14.2. The number of benzene rings is 2. The van der Waals surface area contributed by atoms with Gasteiger partial charge in [-0.25, -0.2) is 4.79 Å². The van der Waals surface area contributed by atoms with Gasteiger partial charge in [0.25, 0.3) is 0 Å². The number of nitrogens with zero attached hydrogens (tertiary/aromatic N) is 2. The smallest absolute Gasteiger partial charge is 0.320 e. The molecule has 2 N–H and O–H groups in total. The molecule has 33 heavy (non-hydrogen) atoms. The van der Waals surface area contributed by atoms with Crippen molar-refractivity contribution in [2.45, 2.75) is 18.8 Å². The van der Waals surface area contributed by atoms with Gasteiger partial charge in [0, 0.05) is 27.2 Å². The van der Waals surface area contributed by atoms with Crippen molar-refractivity contribution < 1.29 is 23.1 Å². The monoisotopic (exact) mass is 554 g/mol. The predicted octanol–water partition coefficient (Wildman–Crippen LogP) is 5.46. The molecule has 0 aliphatic rings. The number of alkyl halides is 2. The Bertz CT molecular complexity index is 1380. The lowest BCUT2D eigenvalue weighted by atomic mass is 10.1. The minimum absolute atomic E-state index is 0.0894. The van der Waals surface area contributed by atoms with Crippen LogP contribution in [0.4, 0.5) is 8.78 Å². The van der Waals surface area contributed by atoms with Crippen LogP contribution in [-0.2, 0) is 23.3 Å². The van der Waals surface area contributed by atoms with Crippen LogP contribution in [0, 0.1) is 0 Å². The highest BCUT2D eigenvalue weighted by Crippen LogP contribution is 2.60. The van der Waals surface area contributed by atoms with Gasteiger partial charge in [-0.05, 0) is 28.6 Å². The molecule has 4 aromatic rings. The zero-order valence-electron chi connectivity index (χ0n) is 16.9. The maximum Gasteiger partial charge on any atom is 0.399 e. The first kappa shape index (κ1) is 23.8. The third kappa shape index (κ3) is 4.81. The standard InChI is InChI=1S/C22H18BrF2N2O4PS/c23-19-10-16(6-7-18(19)22(24,25)32(29,30)31)12-27-20(17-8-9-33-14-17)13-26(21(27)28)11-15-4-2-1-3-5-15/h1-10,13-14H,11-12H2,(H2,29,30,31). The normalized spacial score (nSPS) is 12.3. The summed E-state index contributed by atoms with van der Waals surface area (Å²) in [5.41, 5.74) is -2.40. The first-order chi connectivity index (χ1) is 15.6. The zero-order valence-corrected chi connectivity index (χ0v) is 20.2. The Morgan fingerprint density at radius 2 is 1.76 bits per heavy atom. The van der Waals surface area contributed by atoms with Crippen LogP contribution in [-0.4, -0.2) is 18.9 Å². The Labute approximate surface area is 200 Å². The molecule has 0 unspecified atom stereocenters. The first-order valence-electron chi connectivity index (χ1n) is 9.67. The van der Waals surface area contributed by atoms with E-state index in [-0.39, 0.29) is 16.7 Å². The van der Waals surface area contributed by atoms with Gasteiger partial charge in [0.05, 0.1) is 18.8 Å². The van der Waals surface area contributed by atoms with Crippen molar-refractivity contribution in [3.63, 3.8) is 0 Å². The Balaban J connectivity index is 1.73. The second kappa shape index (κ2) is 9.12. The topological polar surface area (TPSA) is 84.5 Å². The van der Waals surface area contributed by atoms with Gasteiger partial charge in [-0.3, -0.25) is 13.7 Å². The van der Waals surface area contributed by atoms with Crippen LogP contribution < -0.4 is 5.69 Å². The van der Waals surface area contributed by atoms with E-state index in [4.69, 9.17) is 9.79 Å². The van der Waals surface area contributed by atoms with Crippen LogP contribution in [0.1, 0.15) is 16.7 Å². The van der Waals surface area contributed by atoms with Gasteiger partial charge in [0.15, 0.2) is 0 Å². The molecule has 0 aliphatic heterocycles. The van der Waals surface area contributed by atoms with Crippen LogP contribution >= 0.6 is 34.9 Å². The summed E-state index contributed by atoms with van der Waals surface area (Å²) in [5.74, 6) is 0. The lowest BCUT2D eigenvalue weighted by Gasteiger charge is -2.19. The second-order valence-corrected chi connectivity index (χ2v) is 10.7. The third-order valence-corrected chi connectivity index (χ3v) is 7.43. The van der Waals surface area contributed by atoms with Crippen molar-refractivity contribution in [2.75, 3.05) is 0 Å². The fourth-order valence-electron chi connectivity index (χ4n) is 3.46. The number of halogens is 3. The van der Waals surface area contributed by atoms with Crippen LogP contribution in [0.5, 0.6) is 0 Å². The minimum atomic E-state index is -5.70. The quantitative estimate of drug-likeness (QED) is 0.297. The summed E-state index contributed by atoms with van der Waals surface area (Å²) in [5, 5.41) is 3.81. The summed E-state index contributed by atoms with van der Waals surface area (Å²) in [6.07, 6.45) is 1.77. The largest absolute Gasteiger partial charge is 0.399 e. The van der Waals surface area contributed by atoms with Gasteiger partial charge in [-0.2, -0.15) is 20.1 Å². The lowest BCUT2D eigenvalue weighted by Crippen LogP contribution is -2.25. The summed E-state index contributed by atoms with van der Waals surface area (Å²) in [7, 11) is -5.70. The van der Waals surface area contributed by atoms with E-state index < -0.39 is 18.8 Å². The number of thiophene rings is 1. The van der Waals surface area contributed by atoms with Gasteiger partial charge in [-0.15, -0.1) is 0 Å². The van der Waals surface area contributed by atoms with E-state index in [0.29, 0.717) is 17.8 Å². The summed E-state index contributed by atoms with van der Waals surface area (Å²) in [6, 6.07) is 15.1. The molecule has 2 aromatic carbocycles. The van der Waals surface area contributed by atoms with E-state index in [1.54, 1.807) is 15.3 Å². The molecule has 0 amide bonds. The van der Waals surface area contributed by atoms with E-state index in [9.17, 15) is 18.1 Å². The maximum atomic E-state index is 14.2. The van der Waals surface area contributed by atoms with Crippen molar-refractivity contribution in [3.05, 3.63) is 103 Å². The highest BCUT2D eigenvalue weighted by Gasteiger charge is 2.51. The van der Waals surface area contributed by atoms with Crippen LogP contribution in [0.3, 0.4) is 0 Å².